The van der Waals surface area contributed by atoms with Crippen molar-refractivity contribution in [2.45, 2.75) is 51.4 Å². The van der Waals surface area contributed by atoms with E-state index in [9.17, 15) is 0 Å². The molecule has 3 aliphatic rings. The van der Waals surface area contributed by atoms with Crippen LogP contribution in [0.3, 0.4) is 0 Å². The number of anilines is 6. The first kappa shape index (κ1) is 42.0. The van der Waals surface area contributed by atoms with Gasteiger partial charge in [0, 0.05) is 57.3 Å². The van der Waals surface area contributed by atoms with Gasteiger partial charge in [0.2, 0.25) is 0 Å². The summed E-state index contributed by atoms with van der Waals surface area (Å²) in [6.07, 6.45) is 6.94. The highest BCUT2D eigenvalue weighted by atomic mass is 32.1. The second kappa shape index (κ2) is 15.4. The largest absolute Gasteiger partial charge is 0.310 e. The zero-order valence-electron chi connectivity index (χ0n) is 40.8. The zero-order chi connectivity index (χ0) is 48.0. The van der Waals surface area contributed by atoms with Gasteiger partial charge >= 0.3 is 0 Å². The predicted octanol–water partition coefficient (Wildman–Crippen LogP) is 20.1. The predicted molar refractivity (Wildman–Crippen MR) is 312 cm³/mol. The Hall–Kier alpha value is -7.76. The third-order valence-corrected chi connectivity index (χ3v) is 18.9. The SMILES string of the molecule is CC1(C)c2ccccc2N(c2ccc3c(-c4ccc5sc6ccccc6c5c4)c4cc(N5c6ccccc6C(C)(C)c6ccccc65)ccc4c(-c4ccc5sc6c(c5c4)C=CCC6)c3c2)c2ccccc21. The van der Waals surface area contributed by atoms with E-state index in [1.54, 1.807) is 0 Å². The number of hydrogen-bond donors (Lipinski definition) is 0. The fraction of sp³-hybridized carbons (Fsp3) is 0.118. The summed E-state index contributed by atoms with van der Waals surface area (Å²) in [4.78, 5) is 6.53. The zero-order valence-corrected chi connectivity index (χ0v) is 42.4. The molecule has 0 radical (unpaired) electrons. The number of benzene rings is 10. The van der Waals surface area contributed by atoms with Gasteiger partial charge in [-0.05, 0) is 163 Å². The molecule has 0 fully saturated rings. The van der Waals surface area contributed by atoms with Gasteiger partial charge in [-0.2, -0.15) is 0 Å². The van der Waals surface area contributed by atoms with Gasteiger partial charge in [-0.25, -0.2) is 0 Å². The maximum absolute atomic E-state index is 2.52. The van der Waals surface area contributed by atoms with E-state index in [1.165, 1.54) is 130 Å². The van der Waals surface area contributed by atoms with Crippen LogP contribution < -0.4 is 9.80 Å². The first-order valence-corrected chi connectivity index (χ1v) is 27.0. The van der Waals surface area contributed by atoms with Crippen molar-refractivity contribution in [3.8, 4) is 22.3 Å². The summed E-state index contributed by atoms with van der Waals surface area (Å²) in [5, 5.41) is 8.93. The molecule has 0 spiro atoms. The molecule has 4 heteroatoms. The minimum Gasteiger partial charge on any atom is -0.310 e. The van der Waals surface area contributed by atoms with Crippen LogP contribution in [0, 0.1) is 0 Å². The summed E-state index contributed by atoms with van der Waals surface area (Å²) in [5.41, 5.74) is 18.6. The van der Waals surface area contributed by atoms with Gasteiger partial charge in [-0.3, -0.25) is 0 Å². The molecule has 10 aromatic carbocycles. The van der Waals surface area contributed by atoms with Crippen LogP contribution in [0.25, 0.3) is 80.1 Å². The number of aryl methyl sites for hydroxylation is 1. The van der Waals surface area contributed by atoms with E-state index < -0.39 is 0 Å². The molecule has 2 aliphatic heterocycles. The molecule has 12 aromatic rings. The smallest absolute Gasteiger partial charge is 0.0502 e. The van der Waals surface area contributed by atoms with Gasteiger partial charge in [0.05, 0.1) is 22.7 Å². The monoisotopic (exact) mass is 958 g/mol. The summed E-state index contributed by atoms with van der Waals surface area (Å²) >= 11 is 3.85. The van der Waals surface area contributed by atoms with E-state index in [4.69, 9.17) is 0 Å². The van der Waals surface area contributed by atoms with Crippen molar-refractivity contribution in [2.75, 3.05) is 9.80 Å². The van der Waals surface area contributed by atoms with Gasteiger partial charge in [0.1, 0.15) is 0 Å². The lowest BCUT2D eigenvalue weighted by Gasteiger charge is -2.42. The van der Waals surface area contributed by atoms with Gasteiger partial charge in [-0.15, -0.1) is 22.7 Å². The molecule has 1 aliphatic carbocycles. The first-order valence-electron chi connectivity index (χ1n) is 25.4. The molecule has 344 valence electrons. The molecule has 0 saturated carbocycles. The Morgan fingerprint density at radius 2 is 0.819 bits per heavy atom. The van der Waals surface area contributed by atoms with Crippen molar-refractivity contribution in [3.63, 3.8) is 0 Å². The molecule has 15 rings (SSSR count). The molecule has 0 atom stereocenters. The van der Waals surface area contributed by atoms with Crippen molar-refractivity contribution in [2.24, 2.45) is 0 Å². The molecule has 0 N–H and O–H groups in total. The van der Waals surface area contributed by atoms with E-state index in [0.717, 1.165) is 24.2 Å². The van der Waals surface area contributed by atoms with Crippen molar-refractivity contribution < 1.29 is 0 Å². The highest BCUT2D eigenvalue weighted by Crippen LogP contribution is 2.56. The normalized spacial score (nSPS) is 15.2. The van der Waals surface area contributed by atoms with Gasteiger partial charge in [-0.1, -0.05) is 155 Å². The highest BCUT2D eigenvalue weighted by molar-refractivity contribution is 7.25. The number of fused-ring (bicyclic) bond motifs is 12. The number of hydrogen-bond acceptors (Lipinski definition) is 4. The van der Waals surface area contributed by atoms with E-state index >= 15 is 0 Å². The van der Waals surface area contributed by atoms with Crippen LogP contribution in [0.4, 0.5) is 34.1 Å². The molecular weight excluding hydrogens is 909 g/mol. The summed E-state index contributed by atoms with van der Waals surface area (Å²) in [7, 11) is 0. The average molecular weight is 959 g/mol. The lowest BCUT2D eigenvalue weighted by Crippen LogP contribution is -2.30. The van der Waals surface area contributed by atoms with Gasteiger partial charge in [0.25, 0.3) is 0 Å². The summed E-state index contributed by atoms with van der Waals surface area (Å²) in [5.74, 6) is 0. The maximum atomic E-state index is 2.52. The fourth-order valence-electron chi connectivity index (χ4n) is 13.0. The average Bonchev–Trinajstić information content (AvgIpc) is 3.98. The van der Waals surface area contributed by atoms with Crippen molar-refractivity contribution >= 4 is 115 Å². The number of allylic oxidation sites excluding steroid dienone is 1. The minimum absolute atomic E-state index is 0.161. The Balaban J connectivity index is 1.07. The lowest BCUT2D eigenvalue weighted by molar-refractivity contribution is 0.632. The Morgan fingerprint density at radius 3 is 1.35 bits per heavy atom. The molecule has 72 heavy (non-hydrogen) atoms. The lowest BCUT2D eigenvalue weighted by atomic mass is 9.73. The summed E-state index contributed by atoms with van der Waals surface area (Å²) < 4.78 is 3.98. The molecule has 4 heterocycles. The van der Waals surface area contributed by atoms with Gasteiger partial charge < -0.3 is 9.80 Å². The molecule has 0 unspecified atom stereocenters. The van der Waals surface area contributed by atoms with E-state index in [1.807, 2.05) is 22.7 Å². The fourth-order valence-corrected chi connectivity index (χ4v) is 15.3. The number of rotatable bonds is 4. The van der Waals surface area contributed by atoms with Crippen LogP contribution >= 0.6 is 22.7 Å². The molecule has 2 nitrogen and oxygen atoms in total. The van der Waals surface area contributed by atoms with Crippen molar-refractivity contribution in [1.29, 1.82) is 0 Å². The van der Waals surface area contributed by atoms with E-state index in [2.05, 4.69) is 244 Å². The van der Waals surface area contributed by atoms with Crippen molar-refractivity contribution in [1.82, 2.24) is 0 Å². The molecular formula is C68H50N2S2. The van der Waals surface area contributed by atoms with Crippen LogP contribution in [0.1, 0.15) is 66.8 Å². The van der Waals surface area contributed by atoms with Crippen LogP contribution in [-0.2, 0) is 17.3 Å². The van der Waals surface area contributed by atoms with Crippen LogP contribution in [0.15, 0.2) is 200 Å². The van der Waals surface area contributed by atoms with E-state index in [0.29, 0.717) is 0 Å². The molecule has 0 amide bonds. The Kier molecular flexibility index (Phi) is 8.96. The Morgan fingerprint density at radius 1 is 0.375 bits per heavy atom. The Bertz CT molecular complexity index is 4210. The third-order valence-electron chi connectivity index (χ3n) is 16.5. The highest BCUT2D eigenvalue weighted by Gasteiger charge is 2.38. The molecule has 2 aromatic heterocycles. The third kappa shape index (κ3) is 5.94. The second-order valence-corrected chi connectivity index (χ2v) is 23.3. The molecule has 0 bridgehead atoms. The standard InChI is InChI=1S/C68H50N2S2/c1-67(2)53-19-7-11-23-57(53)69(58-24-12-8-20-54(58)67)43-31-33-47-51(39-43)65(41-29-35-63-49(37-41)45-17-5-15-27-61(45)71-63)48-34-32-44(70-59-25-13-9-21-55(59)68(3,4)56-22-10-14-26-60(56)70)40-52(48)66(47)42-30-36-64-50(38-42)46-18-6-16-28-62(46)72-64/h5-15,17-27,29-40H,16,28H2,1-4H3. The first-order chi connectivity index (χ1) is 35.2. The van der Waals surface area contributed by atoms with Crippen molar-refractivity contribution in [3.05, 3.63) is 233 Å². The number of thiophene rings is 2. The minimum atomic E-state index is -0.161. The van der Waals surface area contributed by atoms with Crippen LogP contribution in [-0.4, -0.2) is 0 Å². The molecule has 0 saturated heterocycles. The Labute approximate surface area is 428 Å². The quantitative estimate of drug-likeness (QED) is 0.162. The van der Waals surface area contributed by atoms with Crippen LogP contribution in [0.2, 0.25) is 0 Å². The van der Waals surface area contributed by atoms with Gasteiger partial charge in [0.15, 0.2) is 0 Å². The number of para-hydroxylation sites is 4. The topological polar surface area (TPSA) is 6.48 Å². The van der Waals surface area contributed by atoms with Crippen LogP contribution in [0.5, 0.6) is 0 Å². The summed E-state index contributed by atoms with van der Waals surface area (Å²) in [6, 6.07) is 74.2. The second-order valence-electron chi connectivity index (χ2n) is 21.1. The maximum Gasteiger partial charge on any atom is 0.0502 e. The number of nitrogens with zero attached hydrogens (tertiary/aromatic N) is 2. The summed E-state index contributed by atoms with van der Waals surface area (Å²) in [6.45, 7) is 9.49. The van der Waals surface area contributed by atoms with E-state index in [-0.39, 0.29) is 10.8 Å².